The van der Waals surface area contributed by atoms with Crippen LogP contribution >= 0.6 is 0 Å². The third-order valence-electron chi connectivity index (χ3n) is 9.71. The number of aliphatic hydroxyl groups excluding tert-OH is 1. The molecule has 49 heavy (non-hydrogen) atoms. The zero-order chi connectivity index (χ0) is 35.6. The minimum atomic E-state index is -1.73. The highest BCUT2D eigenvalue weighted by atomic mass is 16.6. The highest BCUT2D eigenvalue weighted by molar-refractivity contribution is 6.28. The number of carbonyl (C=O) groups excluding carboxylic acids is 3. The molecule has 0 saturated heterocycles. The number of fused-ring (bicyclic) bond motifs is 4. The van der Waals surface area contributed by atoms with Crippen LogP contribution in [0.2, 0.25) is 0 Å². The molecule has 1 unspecified atom stereocenters. The van der Waals surface area contributed by atoms with Crippen molar-refractivity contribution in [1.82, 2.24) is 5.32 Å². The van der Waals surface area contributed by atoms with Gasteiger partial charge in [0.15, 0.2) is 11.4 Å². The fourth-order valence-electron chi connectivity index (χ4n) is 7.24. The summed E-state index contributed by atoms with van der Waals surface area (Å²) < 4.78 is 16.7. The van der Waals surface area contributed by atoms with Crippen LogP contribution in [0.4, 0.5) is 0 Å². The molecule has 3 aliphatic rings. The Labute approximate surface area is 288 Å². The predicted octanol–water partition coefficient (Wildman–Crippen LogP) is 6.05. The smallest absolute Gasteiger partial charge is 0.343 e. The van der Waals surface area contributed by atoms with Gasteiger partial charge in [-0.05, 0) is 80.0 Å². The average Bonchev–Trinajstić information content (AvgIpc) is 3.49. The number of unbranched alkanes of at least 4 members (excludes halogenated alkanes) is 1. The summed E-state index contributed by atoms with van der Waals surface area (Å²) in [5.41, 5.74) is 1.89. The van der Waals surface area contributed by atoms with Gasteiger partial charge in [0.2, 0.25) is 5.78 Å². The van der Waals surface area contributed by atoms with Crippen molar-refractivity contribution in [3.8, 4) is 11.1 Å². The number of hydrogen-bond donors (Lipinski definition) is 3. The van der Waals surface area contributed by atoms with E-state index in [2.05, 4.69) is 24.4 Å². The van der Waals surface area contributed by atoms with Gasteiger partial charge >= 0.3 is 5.97 Å². The summed E-state index contributed by atoms with van der Waals surface area (Å²) in [7, 11) is 3.34. The number of ketones is 2. The third kappa shape index (κ3) is 6.80. The highest BCUT2D eigenvalue weighted by Gasteiger charge is 2.54. The van der Waals surface area contributed by atoms with Crippen LogP contribution in [0.15, 0.2) is 83.1 Å². The average molecular weight is 670 g/mol. The molecule has 2 aromatic rings. The molecular formula is C40H47NO8. The van der Waals surface area contributed by atoms with Gasteiger partial charge in [-0.3, -0.25) is 9.59 Å². The normalized spacial score (nSPS) is 20.6. The van der Waals surface area contributed by atoms with Crippen LogP contribution in [-0.4, -0.2) is 72.9 Å². The second-order valence-corrected chi connectivity index (χ2v) is 13.8. The van der Waals surface area contributed by atoms with E-state index in [0.29, 0.717) is 43.7 Å². The second-order valence-electron chi connectivity index (χ2n) is 13.8. The summed E-state index contributed by atoms with van der Waals surface area (Å²) in [5, 5.41) is 25.2. The van der Waals surface area contributed by atoms with Crippen molar-refractivity contribution >= 4 is 23.3 Å². The number of benzene rings is 2. The topological polar surface area (TPSA) is 131 Å². The molecule has 0 radical (unpaired) electrons. The number of nitrogens with one attached hydrogen (secondary N) is 1. The molecule has 0 saturated carbocycles. The van der Waals surface area contributed by atoms with Crippen LogP contribution in [0.1, 0.15) is 76.5 Å². The lowest BCUT2D eigenvalue weighted by molar-refractivity contribution is -0.153. The third-order valence-corrected chi connectivity index (χ3v) is 9.71. The summed E-state index contributed by atoms with van der Waals surface area (Å²) in [6.07, 6.45) is 7.53. The van der Waals surface area contributed by atoms with E-state index in [1.165, 1.54) is 6.92 Å². The predicted molar refractivity (Wildman–Crippen MR) is 188 cm³/mol. The SMILES string of the molecule is CCCCN/C=C1\C(=O)C2(C)OC(=O)C(C(=O)/C=C(\O)c3ccc4c(c3)C(CCOC)(CCOC)c3ccccc3-4)=C2C=C1CC(C)(C)O. The number of aliphatic hydroxyl groups is 2. The van der Waals surface area contributed by atoms with Crippen molar-refractivity contribution in [2.45, 2.75) is 76.4 Å². The molecular weight excluding hydrogens is 622 g/mol. The quantitative estimate of drug-likeness (QED) is 0.0682. The molecule has 260 valence electrons. The van der Waals surface area contributed by atoms with Crippen molar-refractivity contribution in [3.63, 3.8) is 0 Å². The Balaban J connectivity index is 1.57. The van der Waals surface area contributed by atoms with E-state index >= 15 is 0 Å². The number of rotatable bonds is 15. The van der Waals surface area contributed by atoms with Crippen LogP contribution in [0, 0.1) is 0 Å². The number of allylic oxidation sites excluding steroid dienone is 1. The Morgan fingerprint density at radius 1 is 1.02 bits per heavy atom. The van der Waals surface area contributed by atoms with E-state index in [9.17, 15) is 24.6 Å². The molecule has 0 spiro atoms. The Kier molecular flexibility index (Phi) is 10.5. The summed E-state index contributed by atoms with van der Waals surface area (Å²) in [5.74, 6) is -2.54. The Bertz CT molecular complexity index is 1760. The van der Waals surface area contributed by atoms with Gasteiger partial charge in [0, 0.05) is 74.8 Å². The van der Waals surface area contributed by atoms with Gasteiger partial charge in [-0.15, -0.1) is 0 Å². The van der Waals surface area contributed by atoms with Crippen LogP contribution in [0.3, 0.4) is 0 Å². The zero-order valence-corrected chi connectivity index (χ0v) is 29.3. The first kappa shape index (κ1) is 36.0. The molecule has 2 aromatic carbocycles. The molecule has 2 aliphatic carbocycles. The number of esters is 1. The van der Waals surface area contributed by atoms with E-state index in [0.717, 1.165) is 41.2 Å². The largest absolute Gasteiger partial charge is 0.507 e. The number of methoxy groups -OCH3 is 2. The first-order valence-electron chi connectivity index (χ1n) is 16.9. The molecule has 0 fully saturated rings. The monoisotopic (exact) mass is 669 g/mol. The fraction of sp³-hybridized carbons (Fsp3) is 0.425. The lowest BCUT2D eigenvalue weighted by Gasteiger charge is -2.32. The Morgan fingerprint density at radius 2 is 1.69 bits per heavy atom. The van der Waals surface area contributed by atoms with Gasteiger partial charge in [0.05, 0.1) is 5.60 Å². The maximum absolute atomic E-state index is 13.9. The van der Waals surface area contributed by atoms with Crippen LogP contribution < -0.4 is 5.32 Å². The lowest BCUT2D eigenvalue weighted by Crippen LogP contribution is -2.42. The van der Waals surface area contributed by atoms with E-state index in [4.69, 9.17) is 14.2 Å². The van der Waals surface area contributed by atoms with Gasteiger partial charge < -0.3 is 29.7 Å². The van der Waals surface area contributed by atoms with Crippen LogP contribution in [-0.2, 0) is 34.0 Å². The first-order chi connectivity index (χ1) is 23.3. The van der Waals surface area contributed by atoms with Gasteiger partial charge in [-0.25, -0.2) is 4.79 Å². The highest BCUT2D eigenvalue weighted by Crippen LogP contribution is 2.53. The second kappa shape index (κ2) is 14.3. The number of ether oxygens (including phenoxy) is 3. The summed E-state index contributed by atoms with van der Waals surface area (Å²) in [6.45, 7) is 8.44. The summed E-state index contributed by atoms with van der Waals surface area (Å²) in [6, 6.07) is 13.8. The van der Waals surface area contributed by atoms with Gasteiger partial charge in [-0.2, -0.15) is 0 Å². The van der Waals surface area contributed by atoms with E-state index in [1.54, 1.807) is 46.4 Å². The molecule has 5 rings (SSSR count). The molecule has 1 heterocycles. The van der Waals surface area contributed by atoms with Crippen molar-refractivity contribution < 1.29 is 38.8 Å². The minimum Gasteiger partial charge on any atom is -0.507 e. The van der Waals surface area contributed by atoms with E-state index < -0.39 is 34.2 Å². The number of Topliss-reactive ketones (excluding diaryl/α,β-unsaturated/α-hetero) is 1. The molecule has 9 heteroatoms. The fourth-order valence-corrected chi connectivity index (χ4v) is 7.24. The molecule has 3 N–H and O–H groups in total. The molecule has 1 aliphatic heterocycles. The number of carbonyl (C=O) groups is 3. The molecule has 9 nitrogen and oxygen atoms in total. The summed E-state index contributed by atoms with van der Waals surface area (Å²) in [4.78, 5) is 41.1. The zero-order valence-electron chi connectivity index (χ0n) is 29.3. The number of hydrogen-bond acceptors (Lipinski definition) is 9. The molecule has 0 bridgehead atoms. The van der Waals surface area contributed by atoms with Crippen molar-refractivity contribution in [2.24, 2.45) is 0 Å². The first-order valence-corrected chi connectivity index (χ1v) is 16.9. The molecule has 1 atom stereocenters. The maximum Gasteiger partial charge on any atom is 0.343 e. The molecule has 0 amide bonds. The van der Waals surface area contributed by atoms with Crippen LogP contribution in [0.5, 0.6) is 0 Å². The Morgan fingerprint density at radius 3 is 2.35 bits per heavy atom. The maximum atomic E-state index is 13.9. The van der Waals surface area contributed by atoms with Gasteiger partial charge in [0.1, 0.15) is 11.3 Å². The minimum absolute atomic E-state index is 0.0990. The van der Waals surface area contributed by atoms with Crippen molar-refractivity contribution in [3.05, 3.63) is 99.8 Å². The van der Waals surface area contributed by atoms with E-state index in [1.807, 2.05) is 24.3 Å². The van der Waals surface area contributed by atoms with Crippen molar-refractivity contribution in [1.29, 1.82) is 0 Å². The Hall–Kier alpha value is -4.31. The lowest BCUT2D eigenvalue weighted by atomic mass is 9.73. The van der Waals surface area contributed by atoms with Crippen LogP contribution in [0.25, 0.3) is 16.9 Å². The summed E-state index contributed by atoms with van der Waals surface area (Å²) >= 11 is 0. The van der Waals surface area contributed by atoms with E-state index in [-0.39, 0.29) is 28.9 Å². The standard InChI is InChI=1S/C40H47NO8/c1-7-8-17-41-24-29-26(23-38(2,3)46)21-32-35(37(45)49-39(32,4)36(29)44)34(43)22-33(42)25-13-14-28-27-11-9-10-12-30(27)40(15-18-47-5,16-19-48-6)31(28)20-25/h9-14,20-22,24,41-42,46H,7-8,15-19,23H2,1-6H3/b29-24-,33-22-. The van der Waals surface area contributed by atoms with Gasteiger partial charge in [0.25, 0.3) is 0 Å². The molecule has 0 aromatic heterocycles. The van der Waals surface area contributed by atoms with Crippen molar-refractivity contribution in [2.75, 3.05) is 34.0 Å². The van der Waals surface area contributed by atoms with Gasteiger partial charge in [-0.1, -0.05) is 49.7 Å².